The van der Waals surface area contributed by atoms with Gasteiger partial charge in [-0.3, -0.25) is 5.10 Å². The van der Waals surface area contributed by atoms with E-state index < -0.39 is 0 Å². The fourth-order valence-electron chi connectivity index (χ4n) is 1.69. The van der Waals surface area contributed by atoms with Gasteiger partial charge in [-0.2, -0.15) is 5.10 Å². The minimum absolute atomic E-state index is 0.587. The molecule has 2 rings (SSSR count). The fourth-order valence-corrected chi connectivity index (χ4v) is 1.69. The number of hydrogen-bond donors (Lipinski definition) is 2. The molecule has 0 bridgehead atoms. The lowest BCUT2D eigenvalue weighted by atomic mass is 10.1. The molecule has 0 saturated heterocycles. The lowest BCUT2D eigenvalue weighted by Gasteiger charge is -1.99. The Labute approximate surface area is 87.7 Å². The van der Waals surface area contributed by atoms with Crippen molar-refractivity contribution in [2.24, 2.45) is 5.73 Å². The third kappa shape index (κ3) is 1.66. The van der Waals surface area contributed by atoms with Crippen LogP contribution in [-0.4, -0.2) is 21.9 Å². The topological polar surface area (TPSA) is 80.7 Å². The van der Waals surface area contributed by atoms with Crippen LogP contribution in [0, 0.1) is 13.8 Å². The van der Waals surface area contributed by atoms with Crippen LogP contribution in [0.15, 0.2) is 10.7 Å². The predicted octanol–water partition coefficient (Wildman–Crippen LogP) is 1.18. The second kappa shape index (κ2) is 3.86. The fraction of sp³-hybridized carbons (Fsp3) is 0.400. The first-order valence-corrected chi connectivity index (χ1v) is 4.89. The second-order valence-corrected chi connectivity index (χ2v) is 3.53. The Bertz CT molecular complexity index is 438. The number of rotatable bonds is 3. The van der Waals surface area contributed by atoms with Crippen molar-refractivity contribution in [2.45, 2.75) is 20.3 Å². The van der Waals surface area contributed by atoms with Gasteiger partial charge in [0.2, 0.25) is 0 Å². The van der Waals surface area contributed by atoms with Crippen molar-refractivity contribution in [1.82, 2.24) is 15.4 Å². The second-order valence-electron chi connectivity index (χ2n) is 3.53. The van der Waals surface area contributed by atoms with E-state index in [-0.39, 0.29) is 0 Å². The zero-order valence-corrected chi connectivity index (χ0v) is 8.87. The third-order valence-corrected chi connectivity index (χ3v) is 2.41. The maximum absolute atomic E-state index is 5.53. The molecule has 0 radical (unpaired) electrons. The van der Waals surface area contributed by atoms with E-state index >= 15 is 0 Å². The SMILES string of the molecule is Cc1n[nH]c(C)c1-c1oncc1CCN. The third-order valence-electron chi connectivity index (χ3n) is 2.41. The van der Waals surface area contributed by atoms with Gasteiger partial charge < -0.3 is 10.3 Å². The summed E-state index contributed by atoms with van der Waals surface area (Å²) in [5, 5.41) is 10.9. The molecule has 0 saturated carbocycles. The van der Waals surface area contributed by atoms with E-state index in [1.165, 1.54) is 0 Å². The van der Waals surface area contributed by atoms with Crippen LogP contribution < -0.4 is 5.73 Å². The van der Waals surface area contributed by atoms with Gasteiger partial charge >= 0.3 is 0 Å². The highest BCUT2D eigenvalue weighted by molar-refractivity contribution is 5.65. The average Bonchev–Trinajstić information content (AvgIpc) is 2.75. The molecule has 2 aromatic rings. The average molecular weight is 206 g/mol. The van der Waals surface area contributed by atoms with Gasteiger partial charge in [-0.05, 0) is 26.8 Å². The molecule has 0 atom stereocenters. The molecule has 5 heteroatoms. The Morgan fingerprint density at radius 2 is 2.27 bits per heavy atom. The summed E-state index contributed by atoms with van der Waals surface area (Å²) in [6.45, 7) is 4.49. The molecule has 2 heterocycles. The molecular formula is C10H14N4O. The minimum Gasteiger partial charge on any atom is -0.356 e. The zero-order chi connectivity index (χ0) is 10.8. The van der Waals surface area contributed by atoms with E-state index in [4.69, 9.17) is 10.3 Å². The first kappa shape index (κ1) is 9.92. The van der Waals surface area contributed by atoms with Gasteiger partial charge in [0.15, 0.2) is 5.76 Å². The monoisotopic (exact) mass is 206 g/mol. The Hall–Kier alpha value is -1.62. The van der Waals surface area contributed by atoms with Gasteiger partial charge in [-0.25, -0.2) is 0 Å². The summed E-state index contributed by atoms with van der Waals surface area (Å²) in [7, 11) is 0. The number of nitrogens with zero attached hydrogens (tertiary/aromatic N) is 2. The summed E-state index contributed by atoms with van der Waals surface area (Å²) in [6.07, 6.45) is 2.48. The molecule has 15 heavy (non-hydrogen) atoms. The first-order chi connectivity index (χ1) is 7.24. The van der Waals surface area contributed by atoms with Crippen molar-refractivity contribution < 1.29 is 4.52 Å². The van der Waals surface area contributed by atoms with Crippen LogP contribution in [0.5, 0.6) is 0 Å². The van der Waals surface area contributed by atoms with Gasteiger partial charge in [0.25, 0.3) is 0 Å². The molecule has 0 spiro atoms. The predicted molar refractivity (Wildman–Crippen MR) is 56.3 cm³/mol. The summed E-state index contributed by atoms with van der Waals surface area (Å²) in [5.74, 6) is 0.782. The van der Waals surface area contributed by atoms with E-state index in [1.807, 2.05) is 13.8 Å². The molecular weight excluding hydrogens is 192 g/mol. The minimum atomic E-state index is 0.587. The number of H-pyrrole nitrogens is 1. The number of hydrogen-bond acceptors (Lipinski definition) is 4. The molecule has 3 N–H and O–H groups in total. The van der Waals surface area contributed by atoms with E-state index in [1.54, 1.807) is 6.20 Å². The van der Waals surface area contributed by atoms with Crippen LogP contribution in [0.25, 0.3) is 11.3 Å². The van der Waals surface area contributed by atoms with Crippen molar-refractivity contribution in [3.8, 4) is 11.3 Å². The zero-order valence-electron chi connectivity index (χ0n) is 8.87. The maximum Gasteiger partial charge on any atom is 0.173 e. The molecule has 0 aliphatic rings. The molecule has 2 aromatic heterocycles. The van der Waals surface area contributed by atoms with Crippen LogP contribution >= 0.6 is 0 Å². The van der Waals surface area contributed by atoms with Crippen LogP contribution in [0.1, 0.15) is 17.0 Å². The Morgan fingerprint density at radius 1 is 1.47 bits per heavy atom. The van der Waals surface area contributed by atoms with Crippen LogP contribution in [-0.2, 0) is 6.42 Å². The lowest BCUT2D eigenvalue weighted by Crippen LogP contribution is -2.02. The Kier molecular flexibility index (Phi) is 2.55. The van der Waals surface area contributed by atoms with Crippen LogP contribution in [0.3, 0.4) is 0 Å². The van der Waals surface area contributed by atoms with Gasteiger partial charge in [0, 0.05) is 11.3 Å². The molecule has 5 nitrogen and oxygen atoms in total. The van der Waals surface area contributed by atoms with Crippen LogP contribution in [0.4, 0.5) is 0 Å². The molecule has 80 valence electrons. The number of aryl methyl sites for hydroxylation is 2. The lowest BCUT2D eigenvalue weighted by molar-refractivity contribution is 0.431. The first-order valence-electron chi connectivity index (χ1n) is 4.89. The van der Waals surface area contributed by atoms with Crippen LogP contribution in [0.2, 0.25) is 0 Å². The summed E-state index contributed by atoms with van der Waals surface area (Å²) >= 11 is 0. The summed E-state index contributed by atoms with van der Waals surface area (Å²) in [4.78, 5) is 0. The standard InChI is InChI=1S/C10H14N4O/c1-6-9(7(2)14-13-6)10-8(3-4-11)5-12-15-10/h5H,3-4,11H2,1-2H3,(H,13,14). The number of aromatic nitrogens is 3. The molecule has 0 aliphatic carbocycles. The number of nitrogens with one attached hydrogen (secondary N) is 1. The summed E-state index contributed by atoms with van der Waals surface area (Å²) in [6, 6.07) is 0. The Balaban J connectivity index is 2.49. The number of aromatic amines is 1. The Morgan fingerprint density at radius 3 is 2.87 bits per heavy atom. The molecule has 0 amide bonds. The van der Waals surface area contributed by atoms with E-state index in [0.29, 0.717) is 6.54 Å². The van der Waals surface area contributed by atoms with Gasteiger partial charge in [-0.15, -0.1) is 0 Å². The molecule has 0 fully saturated rings. The van der Waals surface area contributed by atoms with E-state index in [9.17, 15) is 0 Å². The van der Waals surface area contributed by atoms with Crippen molar-refractivity contribution in [3.05, 3.63) is 23.1 Å². The van der Waals surface area contributed by atoms with Crippen molar-refractivity contribution >= 4 is 0 Å². The van der Waals surface area contributed by atoms with Crippen molar-refractivity contribution in [1.29, 1.82) is 0 Å². The smallest absolute Gasteiger partial charge is 0.173 e. The van der Waals surface area contributed by atoms with Gasteiger partial charge in [0.1, 0.15) is 0 Å². The quantitative estimate of drug-likeness (QED) is 0.790. The maximum atomic E-state index is 5.53. The van der Waals surface area contributed by atoms with Gasteiger partial charge in [0.05, 0.1) is 17.5 Å². The molecule has 0 unspecified atom stereocenters. The van der Waals surface area contributed by atoms with Crippen molar-refractivity contribution in [3.63, 3.8) is 0 Å². The van der Waals surface area contributed by atoms with E-state index in [0.717, 1.165) is 34.7 Å². The van der Waals surface area contributed by atoms with Gasteiger partial charge in [-0.1, -0.05) is 5.16 Å². The highest BCUT2D eigenvalue weighted by Crippen LogP contribution is 2.28. The molecule has 0 aliphatic heterocycles. The summed E-state index contributed by atoms with van der Waals surface area (Å²) in [5.41, 5.74) is 9.46. The number of nitrogens with two attached hydrogens (primary N) is 1. The van der Waals surface area contributed by atoms with E-state index in [2.05, 4.69) is 15.4 Å². The van der Waals surface area contributed by atoms with Crippen molar-refractivity contribution in [2.75, 3.05) is 6.54 Å². The molecule has 0 aromatic carbocycles. The normalized spacial score (nSPS) is 10.9. The summed E-state index contributed by atoms with van der Waals surface area (Å²) < 4.78 is 5.26. The largest absolute Gasteiger partial charge is 0.356 e. The highest BCUT2D eigenvalue weighted by Gasteiger charge is 2.16. The highest BCUT2D eigenvalue weighted by atomic mass is 16.5.